The van der Waals surface area contributed by atoms with E-state index in [2.05, 4.69) is 26.0 Å². The van der Waals surface area contributed by atoms with E-state index in [0.717, 1.165) is 24.9 Å². The van der Waals surface area contributed by atoms with Crippen LogP contribution in [-0.4, -0.2) is 19.0 Å². The minimum absolute atomic E-state index is 0.102. The van der Waals surface area contributed by atoms with Crippen LogP contribution in [0.25, 0.3) is 0 Å². The highest BCUT2D eigenvalue weighted by atomic mass is 16.2. The lowest BCUT2D eigenvalue weighted by atomic mass is 10.0. The molecule has 1 aromatic carbocycles. The zero-order valence-corrected chi connectivity index (χ0v) is 12.1. The summed E-state index contributed by atoms with van der Waals surface area (Å²) in [6.45, 7) is 4.34. The van der Waals surface area contributed by atoms with Gasteiger partial charge in [0.15, 0.2) is 0 Å². The van der Waals surface area contributed by atoms with Crippen LogP contribution in [0.4, 0.5) is 5.69 Å². The van der Waals surface area contributed by atoms with E-state index in [9.17, 15) is 4.79 Å². The van der Waals surface area contributed by atoms with Gasteiger partial charge in [-0.1, -0.05) is 26.0 Å². The highest BCUT2D eigenvalue weighted by Gasteiger charge is 2.30. The van der Waals surface area contributed by atoms with Gasteiger partial charge < -0.3 is 10.6 Å². The van der Waals surface area contributed by atoms with Crippen LogP contribution >= 0.6 is 0 Å². The van der Waals surface area contributed by atoms with Crippen molar-refractivity contribution in [1.29, 1.82) is 0 Å². The molecule has 1 amide bonds. The number of nitrogens with two attached hydrogens (primary N) is 1. The summed E-state index contributed by atoms with van der Waals surface area (Å²) in [4.78, 5) is 14.2. The number of rotatable bonds is 3. The maximum absolute atomic E-state index is 12.4. The SMILES string of the molecule is CC(C)c1ccc(N(C)C(=O)C2CCC(N)C2)cc1. The van der Waals surface area contributed by atoms with Gasteiger partial charge in [-0.15, -0.1) is 0 Å². The minimum atomic E-state index is 0.102. The number of nitrogens with zero attached hydrogens (tertiary/aromatic N) is 1. The smallest absolute Gasteiger partial charge is 0.229 e. The molecule has 19 heavy (non-hydrogen) atoms. The number of carbonyl (C=O) groups excluding carboxylic acids is 1. The largest absolute Gasteiger partial charge is 0.328 e. The van der Waals surface area contributed by atoms with E-state index in [1.54, 1.807) is 4.90 Å². The van der Waals surface area contributed by atoms with E-state index in [1.807, 2.05) is 19.2 Å². The zero-order chi connectivity index (χ0) is 14.0. The van der Waals surface area contributed by atoms with Crippen molar-refractivity contribution >= 4 is 11.6 Å². The molecule has 2 atom stereocenters. The van der Waals surface area contributed by atoms with Gasteiger partial charge in [0.2, 0.25) is 5.91 Å². The zero-order valence-electron chi connectivity index (χ0n) is 12.1. The summed E-state index contributed by atoms with van der Waals surface area (Å²) in [5.41, 5.74) is 8.15. The van der Waals surface area contributed by atoms with Crippen molar-refractivity contribution in [2.24, 2.45) is 11.7 Å². The van der Waals surface area contributed by atoms with Crippen molar-refractivity contribution in [3.63, 3.8) is 0 Å². The van der Waals surface area contributed by atoms with Crippen molar-refractivity contribution in [1.82, 2.24) is 0 Å². The second-order valence-electron chi connectivity index (χ2n) is 5.91. The van der Waals surface area contributed by atoms with Crippen LogP contribution in [-0.2, 0) is 4.79 Å². The normalized spacial score (nSPS) is 22.8. The lowest BCUT2D eigenvalue weighted by molar-refractivity contribution is -0.121. The van der Waals surface area contributed by atoms with Crippen molar-refractivity contribution in [2.75, 3.05) is 11.9 Å². The Labute approximate surface area is 115 Å². The van der Waals surface area contributed by atoms with E-state index in [4.69, 9.17) is 5.73 Å². The van der Waals surface area contributed by atoms with Gasteiger partial charge in [-0.3, -0.25) is 4.79 Å². The van der Waals surface area contributed by atoms with Crippen molar-refractivity contribution in [3.8, 4) is 0 Å². The molecule has 0 spiro atoms. The number of anilines is 1. The van der Waals surface area contributed by atoms with Crippen LogP contribution in [0.3, 0.4) is 0 Å². The van der Waals surface area contributed by atoms with Crippen molar-refractivity contribution in [2.45, 2.75) is 45.1 Å². The summed E-state index contributed by atoms with van der Waals surface area (Å²) in [7, 11) is 1.86. The van der Waals surface area contributed by atoms with Gasteiger partial charge in [-0.25, -0.2) is 0 Å². The van der Waals surface area contributed by atoms with Gasteiger partial charge >= 0.3 is 0 Å². The standard InChI is InChI=1S/C16H24N2O/c1-11(2)12-5-8-15(9-6-12)18(3)16(19)13-4-7-14(17)10-13/h5-6,8-9,11,13-14H,4,7,10,17H2,1-3H3. The van der Waals surface area contributed by atoms with Gasteiger partial charge in [0.05, 0.1) is 0 Å². The Morgan fingerprint density at radius 2 is 1.89 bits per heavy atom. The van der Waals surface area contributed by atoms with Crippen LogP contribution in [0.1, 0.15) is 44.6 Å². The molecule has 1 saturated carbocycles. The van der Waals surface area contributed by atoms with Gasteiger partial charge in [0.25, 0.3) is 0 Å². The summed E-state index contributed by atoms with van der Waals surface area (Å²) < 4.78 is 0. The maximum Gasteiger partial charge on any atom is 0.229 e. The Hall–Kier alpha value is -1.35. The molecule has 0 aromatic heterocycles. The van der Waals surface area contributed by atoms with Gasteiger partial charge in [-0.05, 0) is 42.9 Å². The first-order chi connectivity index (χ1) is 8.99. The Morgan fingerprint density at radius 3 is 2.37 bits per heavy atom. The maximum atomic E-state index is 12.4. The lowest BCUT2D eigenvalue weighted by Crippen LogP contribution is -2.32. The quantitative estimate of drug-likeness (QED) is 0.908. The highest BCUT2D eigenvalue weighted by Crippen LogP contribution is 2.28. The van der Waals surface area contributed by atoms with Crippen molar-refractivity contribution in [3.05, 3.63) is 29.8 Å². The predicted octanol–water partition coefficient (Wildman–Crippen LogP) is 2.90. The third-order valence-electron chi connectivity index (χ3n) is 4.10. The molecule has 0 radical (unpaired) electrons. The average molecular weight is 260 g/mol. The number of hydrogen-bond donors (Lipinski definition) is 1. The van der Waals surface area contributed by atoms with E-state index >= 15 is 0 Å². The van der Waals surface area contributed by atoms with E-state index in [-0.39, 0.29) is 17.9 Å². The minimum Gasteiger partial charge on any atom is -0.328 e. The summed E-state index contributed by atoms with van der Waals surface area (Å²) >= 11 is 0. The lowest BCUT2D eigenvalue weighted by Gasteiger charge is -2.21. The number of carbonyl (C=O) groups is 1. The van der Waals surface area contributed by atoms with Crippen molar-refractivity contribution < 1.29 is 4.79 Å². The monoisotopic (exact) mass is 260 g/mol. The Balaban J connectivity index is 2.06. The summed E-state index contributed by atoms with van der Waals surface area (Å²) in [5.74, 6) is 0.818. The Kier molecular flexibility index (Phi) is 4.25. The number of amides is 1. The molecule has 1 aliphatic carbocycles. The summed E-state index contributed by atoms with van der Waals surface area (Å²) in [6.07, 6.45) is 2.72. The molecule has 0 saturated heterocycles. The number of benzene rings is 1. The molecule has 3 heteroatoms. The summed E-state index contributed by atoms with van der Waals surface area (Å²) in [6, 6.07) is 8.46. The fraction of sp³-hybridized carbons (Fsp3) is 0.562. The molecule has 1 aromatic rings. The second kappa shape index (κ2) is 5.74. The third kappa shape index (κ3) is 3.16. The molecule has 2 N–H and O–H groups in total. The Morgan fingerprint density at radius 1 is 1.26 bits per heavy atom. The fourth-order valence-corrected chi connectivity index (χ4v) is 2.72. The first kappa shape index (κ1) is 14.1. The molecular formula is C16H24N2O. The van der Waals surface area contributed by atoms with Gasteiger partial charge in [-0.2, -0.15) is 0 Å². The van der Waals surface area contributed by atoms with E-state index in [0.29, 0.717) is 5.92 Å². The molecule has 104 valence electrons. The van der Waals surface area contributed by atoms with E-state index < -0.39 is 0 Å². The van der Waals surface area contributed by atoms with E-state index in [1.165, 1.54) is 5.56 Å². The molecular weight excluding hydrogens is 236 g/mol. The molecule has 1 fully saturated rings. The van der Waals surface area contributed by atoms with Crippen LogP contribution in [0.2, 0.25) is 0 Å². The van der Waals surface area contributed by atoms with Crippen LogP contribution in [0.15, 0.2) is 24.3 Å². The van der Waals surface area contributed by atoms with Gasteiger partial charge in [0.1, 0.15) is 0 Å². The number of hydrogen-bond acceptors (Lipinski definition) is 2. The molecule has 3 nitrogen and oxygen atoms in total. The topological polar surface area (TPSA) is 46.3 Å². The molecule has 0 aliphatic heterocycles. The first-order valence-electron chi connectivity index (χ1n) is 7.12. The fourth-order valence-electron chi connectivity index (χ4n) is 2.72. The second-order valence-corrected chi connectivity index (χ2v) is 5.91. The average Bonchev–Trinajstić information content (AvgIpc) is 2.84. The molecule has 2 unspecified atom stereocenters. The molecule has 1 aliphatic rings. The highest BCUT2D eigenvalue weighted by molar-refractivity contribution is 5.94. The Bertz CT molecular complexity index is 439. The molecule has 2 rings (SSSR count). The molecule has 0 heterocycles. The third-order valence-corrected chi connectivity index (χ3v) is 4.10. The van der Waals surface area contributed by atoms with Gasteiger partial charge in [0, 0.05) is 24.7 Å². The van der Waals surface area contributed by atoms with Crippen LogP contribution in [0.5, 0.6) is 0 Å². The first-order valence-corrected chi connectivity index (χ1v) is 7.12. The predicted molar refractivity (Wildman–Crippen MR) is 79.3 cm³/mol. The summed E-state index contributed by atoms with van der Waals surface area (Å²) in [5, 5.41) is 0. The van der Waals surface area contributed by atoms with Crippen LogP contribution < -0.4 is 10.6 Å². The van der Waals surface area contributed by atoms with Crippen LogP contribution in [0, 0.1) is 5.92 Å². The molecule has 0 bridgehead atoms.